The molecule has 1 heterocycles. The molecule has 0 saturated heterocycles. The number of nitrogen functional groups attached to an aromatic ring is 2. The van der Waals surface area contributed by atoms with Gasteiger partial charge in [0.05, 0.1) is 29.0 Å². The molecule has 0 aliphatic heterocycles. The molecule has 0 unspecified atom stereocenters. The van der Waals surface area contributed by atoms with Gasteiger partial charge in [-0.05, 0) is 24.3 Å². The van der Waals surface area contributed by atoms with Crippen molar-refractivity contribution in [2.75, 3.05) is 18.6 Å². The minimum absolute atomic E-state index is 0.00400. The molecule has 0 amide bonds. The molecule has 0 fully saturated rings. The van der Waals surface area contributed by atoms with Gasteiger partial charge in [-0.1, -0.05) is 11.6 Å². The van der Waals surface area contributed by atoms with Crippen molar-refractivity contribution in [3.8, 4) is 17.0 Å². The van der Waals surface area contributed by atoms with Crippen LogP contribution in [0, 0.1) is 5.82 Å². The fourth-order valence-corrected chi connectivity index (χ4v) is 2.41. The number of aromatic nitrogens is 2. The summed E-state index contributed by atoms with van der Waals surface area (Å²) in [7, 11) is 1.52. The Hall–Kier alpha value is -2.60. The van der Waals surface area contributed by atoms with Crippen molar-refractivity contribution < 1.29 is 9.13 Å². The van der Waals surface area contributed by atoms with Gasteiger partial charge in [0.25, 0.3) is 0 Å². The standard InChI is InChI=1S/C15H12ClFN4O/c1-22-13-6-12-8(5-11(13)18)14(21-15(19)20-12)7-2-3-10(17)9(16)4-7/h2-6H,18H2,1H3,(H2,19,20,21). The third kappa shape index (κ3) is 2.37. The molecule has 5 nitrogen and oxygen atoms in total. The molecule has 0 radical (unpaired) electrons. The molecular formula is C15H12ClFN4O. The lowest BCUT2D eigenvalue weighted by atomic mass is 10.1. The average Bonchev–Trinajstić information content (AvgIpc) is 2.49. The summed E-state index contributed by atoms with van der Waals surface area (Å²) in [5.74, 6) is 0.0846. The van der Waals surface area contributed by atoms with E-state index in [1.165, 1.54) is 19.2 Å². The van der Waals surface area contributed by atoms with Crippen molar-refractivity contribution in [3.63, 3.8) is 0 Å². The molecule has 7 heteroatoms. The van der Waals surface area contributed by atoms with Crippen LogP contribution in [0.4, 0.5) is 16.0 Å². The number of hydrogen-bond acceptors (Lipinski definition) is 5. The second-order valence-electron chi connectivity index (χ2n) is 4.67. The number of fused-ring (bicyclic) bond motifs is 1. The Kier molecular flexibility index (Phi) is 3.46. The van der Waals surface area contributed by atoms with E-state index in [1.807, 2.05) is 0 Å². The number of anilines is 2. The smallest absolute Gasteiger partial charge is 0.221 e. The molecule has 0 atom stereocenters. The molecule has 0 spiro atoms. The fraction of sp³-hybridized carbons (Fsp3) is 0.0667. The summed E-state index contributed by atoms with van der Waals surface area (Å²) in [4.78, 5) is 8.40. The van der Waals surface area contributed by atoms with E-state index >= 15 is 0 Å². The SMILES string of the molecule is COc1cc2nc(N)nc(-c3ccc(F)c(Cl)c3)c2cc1N. The van der Waals surface area contributed by atoms with E-state index in [0.29, 0.717) is 33.6 Å². The van der Waals surface area contributed by atoms with E-state index in [-0.39, 0.29) is 11.0 Å². The Bertz CT molecular complexity index is 885. The maximum Gasteiger partial charge on any atom is 0.221 e. The maximum absolute atomic E-state index is 13.3. The highest BCUT2D eigenvalue weighted by Crippen LogP contribution is 2.34. The van der Waals surface area contributed by atoms with Crippen LogP contribution in [0.15, 0.2) is 30.3 Å². The second kappa shape index (κ2) is 5.31. The first-order valence-electron chi connectivity index (χ1n) is 6.35. The van der Waals surface area contributed by atoms with E-state index in [2.05, 4.69) is 9.97 Å². The summed E-state index contributed by atoms with van der Waals surface area (Å²) in [6.45, 7) is 0. The zero-order chi connectivity index (χ0) is 15.9. The molecule has 1 aromatic heterocycles. The molecule has 22 heavy (non-hydrogen) atoms. The predicted molar refractivity (Wildman–Crippen MR) is 85.3 cm³/mol. The van der Waals surface area contributed by atoms with Crippen molar-refractivity contribution >= 4 is 34.1 Å². The molecule has 0 saturated carbocycles. The van der Waals surface area contributed by atoms with Crippen molar-refractivity contribution in [2.24, 2.45) is 0 Å². The third-order valence-electron chi connectivity index (χ3n) is 3.26. The fourth-order valence-electron chi connectivity index (χ4n) is 2.23. The summed E-state index contributed by atoms with van der Waals surface area (Å²) < 4.78 is 18.5. The van der Waals surface area contributed by atoms with Gasteiger partial charge in [0.1, 0.15) is 11.6 Å². The number of hydrogen-bond donors (Lipinski definition) is 2. The monoisotopic (exact) mass is 318 g/mol. The van der Waals surface area contributed by atoms with E-state index in [4.69, 9.17) is 27.8 Å². The van der Waals surface area contributed by atoms with Crippen LogP contribution in [0.2, 0.25) is 5.02 Å². The van der Waals surface area contributed by atoms with Crippen molar-refractivity contribution in [1.29, 1.82) is 0 Å². The number of nitrogens with two attached hydrogens (primary N) is 2. The molecule has 3 aromatic rings. The molecule has 0 aliphatic carbocycles. The van der Waals surface area contributed by atoms with Crippen LogP contribution >= 0.6 is 11.6 Å². The van der Waals surface area contributed by atoms with Crippen molar-refractivity contribution in [1.82, 2.24) is 9.97 Å². The highest BCUT2D eigenvalue weighted by Gasteiger charge is 2.13. The molecule has 4 N–H and O–H groups in total. The maximum atomic E-state index is 13.3. The quantitative estimate of drug-likeness (QED) is 0.708. The first-order valence-corrected chi connectivity index (χ1v) is 6.73. The van der Waals surface area contributed by atoms with Crippen LogP contribution in [-0.2, 0) is 0 Å². The zero-order valence-electron chi connectivity index (χ0n) is 11.6. The summed E-state index contributed by atoms with van der Waals surface area (Å²) in [6, 6.07) is 7.70. The first-order chi connectivity index (χ1) is 10.5. The van der Waals surface area contributed by atoms with Gasteiger partial charge in [0, 0.05) is 17.0 Å². The number of rotatable bonds is 2. The number of ether oxygens (including phenoxy) is 1. The van der Waals surface area contributed by atoms with E-state index in [0.717, 1.165) is 0 Å². The van der Waals surface area contributed by atoms with Gasteiger partial charge >= 0.3 is 0 Å². The zero-order valence-corrected chi connectivity index (χ0v) is 12.4. The van der Waals surface area contributed by atoms with Crippen LogP contribution in [0.1, 0.15) is 0 Å². The number of benzene rings is 2. The van der Waals surface area contributed by atoms with Gasteiger partial charge < -0.3 is 16.2 Å². The summed E-state index contributed by atoms with van der Waals surface area (Å²) in [5.41, 5.74) is 13.9. The summed E-state index contributed by atoms with van der Waals surface area (Å²) in [6.07, 6.45) is 0. The van der Waals surface area contributed by atoms with Crippen molar-refractivity contribution in [3.05, 3.63) is 41.2 Å². The molecule has 2 aromatic carbocycles. The van der Waals surface area contributed by atoms with E-state index < -0.39 is 5.82 Å². The minimum atomic E-state index is -0.502. The van der Waals surface area contributed by atoms with Crippen LogP contribution in [0.25, 0.3) is 22.2 Å². The Morgan fingerprint density at radius 3 is 2.59 bits per heavy atom. The summed E-state index contributed by atoms with van der Waals surface area (Å²) >= 11 is 5.84. The van der Waals surface area contributed by atoms with Crippen molar-refractivity contribution in [2.45, 2.75) is 0 Å². The number of halogens is 2. The highest BCUT2D eigenvalue weighted by molar-refractivity contribution is 6.31. The van der Waals surface area contributed by atoms with Gasteiger partial charge in [-0.2, -0.15) is 0 Å². The molecule has 112 valence electrons. The molecule has 3 rings (SSSR count). The number of methoxy groups -OCH3 is 1. The lowest BCUT2D eigenvalue weighted by Gasteiger charge is -2.11. The van der Waals surface area contributed by atoms with E-state index in [9.17, 15) is 4.39 Å². The van der Waals surface area contributed by atoms with E-state index in [1.54, 1.807) is 18.2 Å². The van der Waals surface area contributed by atoms with Gasteiger partial charge in [-0.15, -0.1) is 0 Å². The lowest BCUT2D eigenvalue weighted by Crippen LogP contribution is -2.00. The topological polar surface area (TPSA) is 87.0 Å². The Morgan fingerprint density at radius 2 is 1.91 bits per heavy atom. The van der Waals surface area contributed by atoms with Gasteiger partial charge in [-0.25, -0.2) is 14.4 Å². The van der Waals surface area contributed by atoms with Crippen LogP contribution in [-0.4, -0.2) is 17.1 Å². The Balaban J connectivity index is 2.32. The molecular weight excluding hydrogens is 307 g/mol. The Labute approximate surface area is 130 Å². The van der Waals surface area contributed by atoms with Gasteiger partial charge in [0.15, 0.2) is 0 Å². The third-order valence-corrected chi connectivity index (χ3v) is 3.55. The van der Waals surface area contributed by atoms with Crippen LogP contribution in [0.5, 0.6) is 5.75 Å². The highest BCUT2D eigenvalue weighted by atomic mass is 35.5. The lowest BCUT2D eigenvalue weighted by molar-refractivity contribution is 0.417. The predicted octanol–water partition coefficient (Wildman–Crippen LogP) is 3.26. The van der Waals surface area contributed by atoms with Crippen LogP contribution in [0.3, 0.4) is 0 Å². The largest absolute Gasteiger partial charge is 0.495 e. The summed E-state index contributed by atoms with van der Waals surface area (Å²) in [5, 5.41) is 0.680. The van der Waals surface area contributed by atoms with Crippen LogP contribution < -0.4 is 16.2 Å². The normalized spacial score (nSPS) is 10.9. The Morgan fingerprint density at radius 1 is 1.14 bits per heavy atom. The van der Waals surface area contributed by atoms with Gasteiger partial charge in [0.2, 0.25) is 5.95 Å². The van der Waals surface area contributed by atoms with Gasteiger partial charge in [-0.3, -0.25) is 0 Å². The average molecular weight is 319 g/mol. The number of nitrogens with zero attached hydrogens (tertiary/aromatic N) is 2. The molecule has 0 bridgehead atoms. The molecule has 0 aliphatic rings. The second-order valence-corrected chi connectivity index (χ2v) is 5.08. The first kappa shape index (κ1) is 14.3. The minimum Gasteiger partial charge on any atom is -0.495 e.